The van der Waals surface area contributed by atoms with E-state index < -0.39 is 0 Å². The van der Waals surface area contributed by atoms with Gasteiger partial charge in [0.1, 0.15) is 5.52 Å². The highest BCUT2D eigenvalue weighted by molar-refractivity contribution is 5.99. The maximum Gasteiger partial charge on any atom is 0.198 e. The summed E-state index contributed by atoms with van der Waals surface area (Å²) in [4.78, 5) is 0. The summed E-state index contributed by atoms with van der Waals surface area (Å²) in [7, 11) is 0. The zero-order valence-electron chi connectivity index (χ0n) is 18.1. The summed E-state index contributed by atoms with van der Waals surface area (Å²) in [6.45, 7) is 0.636. The third-order valence-electron chi connectivity index (χ3n) is 7.36. The predicted molar refractivity (Wildman–Crippen MR) is 125 cm³/mol. The SMILES string of the molecule is OC1CCNc2nnc3[nH]nnc3c2-c2ccc3c(cccc3c2)C2CCCC(CC1)C2. The molecule has 2 aromatic heterocycles. The first kappa shape index (κ1) is 19.6. The summed E-state index contributed by atoms with van der Waals surface area (Å²) in [5, 5.41) is 36.3. The summed E-state index contributed by atoms with van der Waals surface area (Å²) >= 11 is 0. The van der Waals surface area contributed by atoms with Gasteiger partial charge in [-0.2, -0.15) is 0 Å². The number of benzene rings is 2. The molecule has 0 amide bonds. The molecule has 6 bridgehead atoms. The molecular weight excluding hydrogens is 400 g/mol. The van der Waals surface area contributed by atoms with Crippen molar-refractivity contribution in [1.29, 1.82) is 0 Å². The molecule has 4 aromatic rings. The molecule has 32 heavy (non-hydrogen) atoms. The maximum atomic E-state index is 10.6. The predicted octanol–water partition coefficient (Wildman–Crippen LogP) is 4.80. The molecule has 2 aliphatic heterocycles. The largest absolute Gasteiger partial charge is 0.393 e. The van der Waals surface area contributed by atoms with E-state index in [9.17, 15) is 5.11 Å². The minimum absolute atomic E-state index is 0.301. The molecule has 1 fully saturated rings. The Morgan fingerprint density at radius 3 is 2.88 bits per heavy atom. The van der Waals surface area contributed by atoms with Crippen LogP contribution >= 0.6 is 0 Å². The smallest absolute Gasteiger partial charge is 0.198 e. The average molecular weight is 429 g/mol. The van der Waals surface area contributed by atoms with E-state index in [2.05, 4.69) is 67.3 Å². The van der Waals surface area contributed by atoms with Crippen molar-refractivity contribution in [3.05, 3.63) is 42.0 Å². The van der Waals surface area contributed by atoms with Gasteiger partial charge in [0.05, 0.1) is 11.7 Å². The number of rotatable bonds is 0. The zero-order chi connectivity index (χ0) is 21.5. The Kier molecular flexibility index (Phi) is 4.98. The first-order chi connectivity index (χ1) is 15.8. The summed E-state index contributed by atoms with van der Waals surface area (Å²) in [5.41, 5.74) is 4.68. The number of nitrogens with one attached hydrogen (secondary N) is 2. The van der Waals surface area contributed by atoms with E-state index in [4.69, 9.17) is 0 Å². The second kappa shape index (κ2) is 8.13. The maximum absolute atomic E-state index is 10.6. The standard InChI is InChI=1S/C25H28N6O/c32-19-9-7-15-3-1-4-16(13-15)20-6-2-5-17-14-18(8-10-21(17)20)22-23-25(30-31-27-23)29-28-24(22)26-12-11-19/h2,5-6,8,10,14-16,19,32H,1,3-4,7,9,11-13H2,(H,26,28)(H,27,29,30,31). The van der Waals surface area contributed by atoms with Gasteiger partial charge in [-0.15, -0.1) is 15.3 Å². The fourth-order valence-electron chi connectivity index (χ4n) is 5.71. The van der Waals surface area contributed by atoms with E-state index in [1.165, 1.54) is 42.0 Å². The number of hydrogen-bond donors (Lipinski definition) is 3. The summed E-state index contributed by atoms with van der Waals surface area (Å²) in [6, 6.07) is 13.4. The van der Waals surface area contributed by atoms with Crippen LogP contribution in [0.4, 0.5) is 5.82 Å². The number of anilines is 1. The van der Waals surface area contributed by atoms with Gasteiger partial charge < -0.3 is 10.4 Å². The van der Waals surface area contributed by atoms with E-state index >= 15 is 0 Å². The van der Waals surface area contributed by atoms with Gasteiger partial charge in [-0.05, 0) is 71.9 Å². The van der Waals surface area contributed by atoms with E-state index in [0.717, 1.165) is 24.0 Å². The lowest BCUT2D eigenvalue weighted by Crippen LogP contribution is -2.19. The van der Waals surface area contributed by atoms with Gasteiger partial charge in [0.2, 0.25) is 0 Å². The molecule has 0 radical (unpaired) electrons. The van der Waals surface area contributed by atoms with Crippen molar-refractivity contribution in [2.24, 2.45) is 5.92 Å². The molecular formula is C25H28N6O. The van der Waals surface area contributed by atoms with Crippen LogP contribution in [0, 0.1) is 5.92 Å². The number of aliphatic hydroxyl groups excluding tert-OH is 1. The number of aromatic nitrogens is 5. The Bertz CT molecular complexity index is 1270. The summed E-state index contributed by atoms with van der Waals surface area (Å²) in [6.07, 6.45) is 7.38. The molecule has 1 aliphatic carbocycles. The van der Waals surface area contributed by atoms with Crippen LogP contribution in [0.25, 0.3) is 33.1 Å². The minimum Gasteiger partial charge on any atom is -0.393 e. The highest BCUT2D eigenvalue weighted by Crippen LogP contribution is 2.42. The fraction of sp³-hybridized carbons (Fsp3) is 0.440. The minimum atomic E-state index is -0.301. The molecule has 7 rings (SSSR count). The van der Waals surface area contributed by atoms with Crippen molar-refractivity contribution >= 4 is 27.8 Å². The van der Waals surface area contributed by atoms with Crippen LogP contribution in [-0.2, 0) is 0 Å². The van der Waals surface area contributed by atoms with Crippen LogP contribution in [0.3, 0.4) is 0 Å². The summed E-state index contributed by atoms with van der Waals surface area (Å²) in [5.74, 6) is 1.97. The third-order valence-corrected chi connectivity index (χ3v) is 7.36. The molecule has 3 aliphatic rings. The molecule has 0 saturated heterocycles. The topological polar surface area (TPSA) is 99.6 Å². The first-order valence-corrected chi connectivity index (χ1v) is 11.8. The Hall–Kier alpha value is -3.06. The molecule has 0 spiro atoms. The van der Waals surface area contributed by atoms with Crippen molar-refractivity contribution in [1.82, 2.24) is 25.6 Å². The fourth-order valence-corrected chi connectivity index (χ4v) is 5.71. The highest BCUT2D eigenvalue weighted by atomic mass is 16.3. The number of hydrogen-bond acceptors (Lipinski definition) is 6. The van der Waals surface area contributed by atoms with Gasteiger partial charge in [0.25, 0.3) is 0 Å². The second-order valence-electron chi connectivity index (χ2n) is 9.39. The van der Waals surface area contributed by atoms with Crippen LogP contribution in [0.15, 0.2) is 36.4 Å². The second-order valence-corrected chi connectivity index (χ2v) is 9.39. The van der Waals surface area contributed by atoms with E-state index in [-0.39, 0.29) is 6.10 Å². The Balaban J connectivity index is 1.52. The molecule has 3 unspecified atom stereocenters. The lowest BCUT2D eigenvalue weighted by atomic mass is 9.75. The molecule has 1 saturated carbocycles. The summed E-state index contributed by atoms with van der Waals surface area (Å²) < 4.78 is 0. The molecule has 7 heteroatoms. The number of aromatic amines is 1. The quantitative estimate of drug-likeness (QED) is 0.372. The van der Waals surface area contributed by atoms with Crippen LogP contribution in [0.2, 0.25) is 0 Å². The number of H-pyrrole nitrogens is 1. The molecule has 3 N–H and O–H groups in total. The van der Waals surface area contributed by atoms with Crippen molar-refractivity contribution < 1.29 is 5.11 Å². The van der Waals surface area contributed by atoms with Crippen LogP contribution in [0.1, 0.15) is 56.4 Å². The van der Waals surface area contributed by atoms with Gasteiger partial charge in [0, 0.05) is 6.54 Å². The normalized spacial score (nSPS) is 24.0. The van der Waals surface area contributed by atoms with Gasteiger partial charge in [-0.25, -0.2) is 5.10 Å². The highest BCUT2D eigenvalue weighted by Gasteiger charge is 2.25. The molecule has 7 nitrogen and oxygen atoms in total. The molecule has 2 aromatic carbocycles. The van der Waals surface area contributed by atoms with E-state index in [0.29, 0.717) is 41.8 Å². The Morgan fingerprint density at radius 2 is 1.91 bits per heavy atom. The number of fused-ring (bicyclic) bond motifs is 7. The Morgan fingerprint density at radius 1 is 0.938 bits per heavy atom. The van der Waals surface area contributed by atoms with Crippen molar-refractivity contribution in [3.63, 3.8) is 0 Å². The monoisotopic (exact) mass is 428 g/mol. The number of aliphatic hydroxyl groups is 1. The lowest BCUT2D eigenvalue weighted by Gasteiger charge is -2.31. The number of nitrogens with zero attached hydrogens (tertiary/aromatic N) is 4. The van der Waals surface area contributed by atoms with Crippen molar-refractivity contribution in [3.8, 4) is 11.1 Å². The van der Waals surface area contributed by atoms with Crippen molar-refractivity contribution in [2.45, 2.75) is 57.0 Å². The average Bonchev–Trinajstić information content (AvgIpc) is 3.30. The zero-order valence-corrected chi connectivity index (χ0v) is 18.1. The first-order valence-electron chi connectivity index (χ1n) is 11.8. The lowest BCUT2D eigenvalue weighted by molar-refractivity contribution is 0.142. The molecule has 164 valence electrons. The molecule has 3 atom stereocenters. The van der Waals surface area contributed by atoms with Crippen LogP contribution < -0.4 is 5.32 Å². The molecule has 4 heterocycles. The van der Waals surface area contributed by atoms with Crippen LogP contribution in [-0.4, -0.2) is 43.4 Å². The van der Waals surface area contributed by atoms with Gasteiger partial charge >= 0.3 is 0 Å². The van der Waals surface area contributed by atoms with E-state index in [1.807, 2.05) is 0 Å². The van der Waals surface area contributed by atoms with Crippen LogP contribution in [0.5, 0.6) is 0 Å². The van der Waals surface area contributed by atoms with Gasteiger partial charge in [-0.1, -0.05) is 48.4 Å². The Labute approximate surface area is 186 Å². The van der Waals surface area contributed by atoms with Crippen molar-refractivity contribution in [2.75, 3.05) is 11.9 Å². The van der Waals surface area contributed by atoms with Gasteiger partial charge in [0.15, 0.2) is 11.5 Å². The van der Waals surface area contributed by atoms with Gasteiger partial charge in [-0.3, -0.25) is 0 Å². The van der Waals surface area contributed by atoms with E-state index in [1.54, 1.807) is 0 Å². The third kappa shape index (κ3) is 3.50.